The normalized spacial score (nSPS) is 12.6. The van der Waals surface area contributed by atoms with E-state index in [1.165, 1.54) is 10.7 Å². The van der Waals surface area contributed by atoms with Crippen molar-refractivity contribution in [1.29, 1.82) is 0 Å². The van der Waals surface area contributed by atoms with Crippen LogP contribution in [-0.4, -0.2) is 43.7 Å². The highest BCUT2D eigenvalue weighted by Gasteiger charge is 2.14. The SMILES string of the molecule is CC(C)OC[C@H](O)c1cnc2c(cnn2-c2ccc(CCC(=O)O)c(F)c2)c1. The first-order valence-corrected chi connectivity index (χ1v) is 8.99. The Kier molecular flexibility index (Phi) is 6.01. The van der Waals surface area contributed by atoms with Gasteiger partial charge in [-0.2, -0.15) is 5.10 Å². The molecule has 2 aromatic heterocycles. The van der Waals surface area contributed by atoms with Crippen LogP contribution in [0.2, 0.25) is 0 Å². The number of fused-ring (bicyclic) bond motifs is 1. The number of hydrogen-bond acceptors (Lipinski definition) is 5. The van der Waals surface area contributed by atoms with Gasteiger partial charge in [0.05, 0.1) is 24.6 Å². The van der Waals surface area contributed by atoms with E-state index in [0.29, 0.717) is 27.8 Å². The molecule has 0 spiro atoms. The topological polar surface area (TPSA) is 97.5 Å². The number of halogens is 1. The van der Waals surface area contributed by atoms with E-state index < -0.39 is 17.9 Å². The summed E-state index contributed by atoms with van der Waals surface area (Å²) in [6, 6.07) is 6.32. The summed E-state index contributed by atoms with van der Waals surface area (Å²) in [6.07, 6.45) is 2.36. The molecule has 3 aromatic rings. The second-order valence-electron chi connectivity index (χ2n) is 6.81. The molecule has 0 fully saturated rings. The number of aryl methyl sites for hydroxylation is 1. The van der Waals surface area contributed by atoms with Gasteiger partial charge in [-0.1, -0.05) is 6.07 Å². The first kappa shape index (κ1) is 19.9. The van der Waals surface area contributed by atoms with Crippen molar-refractivity contribution in [3.63, 3.8) is 0 Å². The molecule has 3 rings (SSSR count). The monoisotopic (exact) mass is 387 g/mol. The Morgan fingerprint density at radius 2 is 2.07 bits per heavy atom. The number of carbonyl (C=O) groups is 1. The molecule has 8 heteroatoms. The summed E-state index contributed by atoms with van der Waals surface area (Å²) in [7, 11) is 0. The van der Waals surface area contributed by atoms with Crippen molar-refractivity contribution in [2.75, 3.05) is 6.61 Å². The van der Waals surface area contributed by atoms with E-state index in [9.17, 15) is 14.3 Å². The molecule has 0 unspecified atom stereocenters. The Labute approximate surface area is 161 Å². The fourth-order valence-electron chi connectivity index (χ4n) is 2.80. The van der Waals surface area contributed by atoms with Gasteiger partial charge in [0.15, 0.2) is 5.65 Å². The van der Waals surface area contributed by atoms with Crippen LogP contribution in [0.1, 0.15) is 37.5 Å². The lowest BCUT2D eigenvalue weighted by Gasteiger charge is -2.13. The Balaban J connectivity index is 1.84. The average molecular weight is 387 g/mol. The van der Waals surface area contributed by atoms with Crippen LogP contribution in [-0.2, 0) is 16.0 Å². The van der Waals surface area contributed by atoms with E-state index in [-0.39, 0.29) is 25.6 Å². The first-order chi connectivity index (χ1) is 13.3. The van der Waals surface area contributed by atoms with Gasteiger partial charge in [0.1, 0.15) is 11.9 Å². The molecule has 0 aliphatic rings. The predicted octanol–water partition coefficient (Wildman–Crippen LogP) is 3.04. The van der Waals surface area contributed by atoms with Crippen LogP contribution < -0.4 is 0 Å². The van der Waals surface area contributed by atoms with Gasteiger partial charge < -0.3 is 14.9 Å². The summed E-state index contributed by atoms with van der Waals surface area (Å²) in [5.41, 5.74) is 1.96. The third-order valence-corrected chi connectivity index (χ3v) is 4.29. The van der Waals surface area contributed by atoms with E-state index in [4.69, 9.17) is 9.84 Å². The summed E-state index contributed by atoms with van der Waals surface area (Å²) >= 11 is 0. The lowest BCUT2D eigenvalue weighted by atomic mass is 10.1. The van der Waals surface area contributed by atoms with E-state index >= 15 is 0 Å². The van der Waals surface area contributed by atoms with Crippen LogP contribution in [0.3, 0.4) is 0 Å². The maximum atomic E-state index is 14.3. The second-order valence-corrected chi connectivity index (χ2v) is 6.81. The number of aliphatic carboxylic acids is 1. The minimum atomic E-state index is -0.970. The van der Waals surface area contributed by atoms with E-state index in [1.807, 2.05) is 13.8 Å². The molecule has 0 amide bonds. The third kappa shape index (κ3) is 4.52. The van der Waals surface area contributed by atoms with Crippen molar-refractivity contribution in [1.82, 2.24) is 14.8 Å². The van der Waals surface area contributed by atoms with E-state index in [1.54, 1.807) is 30.6 Å². The van der Waals surface area contributed by atoms with Crippen molar-refractivity contribution >= 4 is 17.0 Å². The Morgan fingerprint density at radius 3 is 2.75 bits per heavy atom. The van der Waals surface area contributed by atoms with Crippen molar-refractivity contribution in [2.24, 2.45) is 0 Å². The maximum Gasteiger partial charge on any atom is 0.303 e. The Bertz CT molecular complexity index is 987. The Hall–Kier alpha value is -2.84. The van der Waals surface area contributed by atoms with Crippen LogP contribution in [0, 0.1) is 5.82 Å². The van der Waals surface area contributed by atoms with Crippen LogP contribution in [0.15, 0.2) is 36.7 Å². The largest absolute Gasteiger partial charge is 0.481 e. The quantitative estimate of drug-likeness (QED) is 0.617. The number of rotatable bonds is 8. The molecule has 2 heterocycles. The van der Waals surface area contributed by atoms with Crippen LogP contribution in [0.25, 0.3) is 16.7 Å². The summed E-state index contributed by atoms with van der Waals surface area (Å²) < 4.78 is 21.2. The molecule has 0 aliphatic carbocycles. The average Bonchev–Trinajstić information content (AvgIpc) is 3.08. The molecular weight excluding hydrogens is 365 g/mol. The maximum absolute atomic E-state index is 14.3. The number of carboxylic acid groups (broad SMARTS) is 1. The minimum Gasteiger partial charge on any atom is -0.481 e. The van der Waals surface area contributed by atoms with Gasteiger partial charge in [-0.25, -0.2) is 14.1 Å². The van der Waals surface area contributed by atoms with Gasteiger partial charge >= 0.3 is 5.97 Å². The van der Waals surface area contributed by atoms with E-state index in [0.717, 1.165) is 0 Å². The molecule has 2 N–H and O–H groups in total. The van der Waals surface area contributed by atoms with Crippen molar-refractivity contribution in [3.05, 3.63) is 53.6 Å². The van der Waals surface area contributed by atoms with Gasteiger partial charge in [0, 0.05) is 23.6 Å². The minimum absolute atomic E-state index is 0.0162. The molecular formula is C20H22FN3O4. The van der Waals surface area contributed by atoms with Crippen molar-refractivity contribution in [3.8, 4) is 5.69 Å². The lowest BCUT2D eigenvalue weighted by molar-refractivity contribution is -0.136. The fourth-order valence-corrected chi connectivity index (χ4v) is 2.80. The molecule has 0 aliphatic heterocycles. The number of pyridine rings is 1. The molecule has 1 aromatic carbocycles. The highest BCUT2D eigenvalue weighted by Crippen LogP contribution is 2.22. The van der Waals surface area contributed by atoms with Crippen molar-refractivity contribution in [2.45, 2.75) is 38.9 Å². The zero-order chi connectivity index (χ0) is 20.3. The molecule has 0 saturated heterocycles. The van der Waals surface area contributed by atoms with Crippen LogP contribution in [0.5, 0.6) is 0 Å². The molecule has 1 atom stereocenters. The Morgan fingerprint density at radius 1 is 1.29 bits per heavy atom. The molecule has 148 valence electrons. The second kappa shape index (κ2) is 8.45. The summed E-state index contributed by atoms with van der Waals surface area (Å²) in [5, 5.41) is 23.9. The summed E-state index contributed by atoms with van der Waals surface area (Å²) in [5.74, 6) is -1.46. The third-order valence-electron chi connectivity index (χ3n) is 4.29. The number of benzene rings is 1. The lowest BCUT2D eigenvalue weighted by Crippen LogP contribution is -2.12. The van der Waals surface area contributed by atoms with Gasteiger partial charge in [-0.3, -0.25) is 4.79 Å². The zero-order valence-electron chi connectivity index (χ0n) is 15.7. The van der Waals surface area contributed by atoms with Gasteiger partial charge in [-0.05, 0) is 44.0 Å². The number of nitrogens with zero attached hydrogens (tertiary/aromatic N) is 3. The number of carboxylic acids is 1. The fraction of sp³-hybridized carbons (Fsp3) is 0.350. The van der Waals surface area contributed by atoms with Gasteiger partial charge in [-0.15, -0.1) is 0 Å². The molecule has 0 saturated carbocycles. The standard InChI is InChI=1S/C20H22FN3O4/c1-12(2)28-11-18(25)14-7-15-10-23-24(20(15)22-9-14)16-5-3-13(17(21)8-16)4-6-19(26)27/h3,5,7-10,12,18,25H,4,6,11H2,1-2H3,(H,26,27)/t18-/m0/s1. The number of aromatic nitrogens is 3. The molecule has 7 nitrogen and oxygen atoms in total. The smallest absolute Gasteiger partial charge is 0.303 e. The summed E-state index contributed by atoms with van der Waals surface area (Å²) in [6.45, 7) is 3.95. The van der Waals surface area contributed by atoms with Crippen LogP contribution >= 0.6 is 0 Å². The summed E-state index contributed by atoms with van der Waals surface area (Å²) in [4.78, 5) is 15.0. The van der Waals surface area contributed by atoms with Gasteiger partial charge in [0.2, 0.25) is 0 Å². The number of ether oxygens (including phenoxy) is 1. The van der Waals surface area contributed by atoms with E-state index in [2.05, 4.69) is 10.1 Å². The number of hydrogen-bond donors (Lipinski definition) is 2. The zero-order valence-corrected chi connectivity index (χ0v) is 15.7. The molecule has 0 radical (unpaired) electrons. The molecule has 0 bridgehead atoms. The first-order valence-electron chi connectivity index (χ1n) is 8.99. The number of aliphatic hydroxyl groups is 1. The van der Waals surface area contributed by atoms with Gasteiger partial charge in [0.25, 0.3) is 0 Å². The van der Waals surface area contributed by atoms with Crippen molar-refractivity contribution < 1.29 is 24.1 Å². The number of aliphatic hydroxyl groups excluding tert-OH is 1. The predicted molar refractivity (Wildman–Crippen MR) is 101 cm³/mol. The highest BCUT2D eigenvalue weighted by atomic mass is 19.1. The highest BCUT2D eigenvalue weighted by molar-refractivity contribution is 5.77. The van der Waals surface area contributed by atoms with Crippen LogP contribution in [0.4, 0.5) is 4.39 Å². The molecule has 28 heavy (non-hydrogen) atoms.